The number of aromatic nitrogens is 2. The number of nitrogens with zero attached hydrogens (tertiary/aromatic N) is 2. The Balaban J connectivity index is 2.39. The van der Waals surface area contributed by atoms with Gasteiger partial charge in [0.1, 0.15) is 0 Å². The molecule has 0 atom stereocenters. The minimum absolute atomic E-state index is 0.104. The molecule has 14 heavy (non-hydrogen) atoms. The van der Waals surface area contributed by atoms with Crippen LogP contribution in [0.1, 0.15) is 10.6 Å². The molecule has 0 unspecified atom stereocenters. The minimum Gasteiger partial charge on any atom is -0.448 e. The van der Waals surface area contributed by atoms with Gasteiger partial charge < -0.3 is 10.2 Å². The zero-order valence-electron chi connectivity index (χ0n) is 7.18. The summed E-state index contributed by atoms with van der Waals surface area (Å²) in [6, 6.07) is 4.80. The van der Waals surface area contributed by atoms with E-state index in [0.29, 0.717) is 11.6 Å². The van der Waals surface area contributed by atoms with E-state index in [9.17, 15) is 4.79 Å². The SMILES string of the molecule is NC(=O)c1ccc(-c2ncccn2)o1. The van der Waals surface area contributed by atoms with Crippen LogP contribution in [0, 0.1) is 0 Å². The van der Waals surface area contributed by atoms with Gasteiger partial charge in [0.15, 0.2) is 17.3 Å². The summed E-state index contributed by atoms with van der Waals surface area (Å²) in [6.45, 7) is 0. The molecule has 0 aliphatic heterocycles. The second-order valence-corrected chi connectivity index (χ2v) is 2.60. The van der Waals surface area contributed by atoms with Gasteiger partial charge in [-0.25, -0.2) is 9.97 Å². The third-order valence-corrected chi connectivity index (χ3v) is 1.64. The van der Waals surface area contributed by atoms with Gasteiger partial charge in [-0.15, -0.1) is 0 Å². The maximum absolute atomic E-state index is 10.7. The summed E-state index contributed by atoms with van der Waals surface area (Å²) in [5.41, 5.74) is 5.03. The zero-order valence-corrected chi connectivity index (χ0v) is 7.18. The summed E-state index contributed by atoms with van der Waals surface area (Å²) in [6.07, 6.45) is 3.18. The summed E-state index contributed by atoms with van der Waals surface area (Å²) >= 11 is 0. The summed E-state index contributed by atoms with van der Waals surface area (Å²) in [5.74, 6) is 0.360. The lowest BCUT2D eigenvalue weighted by molar-refractivity contribution is 0.0974. The molecule has 5 heteroatoms. The molecule has 70 valence electrons. The van der Waals surface area contributed by atoms with Crippen molar-refractivity contribution in [1.29, 1.82) is 0 Å². The van der Waals surface area contributed by atoms with E-state index in [2.05, 4.69) is 9.97 Å². The first-order valence-corrected chi connectivity index (χ1v) is 3.94. The predicted molar refractivity (Wildman–Crippen MR) is 48.3 cm³/mol. The Hall–Kier alpha value is -2.17. The van der Waals surface area contributed by atoms with Crippen LogP contribution in [0.25, 0.3) is 11.6 Å². The standard InChI is InChI=1S/C9H7N3O2/c10-8(13)6-2-3-7(14-6)9-11-4-1-5-12-9/h1-5H,(H2,10,13). The van der Waals surface area contributed by atoms with E-state index in [1.807, 2.05) is 0 Å². The highest BCUT2D eigenvalue weighted by molar-refractivity contribution is 5.90. The van der Waals surface area contributed by atoms with Gasteiger partial charge in [0.05, 0.1) is 0 Å². The van der Waals surface area contributed by atoms with Crippen molar-refractivity contribution in [2.24, 2.45) is 5.73 Å². The lowest BCUT2D eigenvalue weighted by Gasteiger charge is -1.92. The fourth-order valence-corrected chi connectivity index (χ4v) is 1.02. The lowest BCUT2D eigenvalue weighted by Crippen LogP contribution is -2.09. The van der Waals surface area contributed by atoms with Crippen molar-refractivity contribution in [2.75, 3.05) is 0 Å². The number of carbonyl (C=O) groups excluding carboxylic acids is 1. The predicted octanol–water partition coefficient (Wildman–Crippen LogP) is 0.835. The number of carbonyl (C=O) groups is 1. The third-order valence-electron chi connectivity index (χ3n) is 1.64. The van der Waals surface area contributed by atoms with Crippen LogP contribution >= 0.6 is 0 Å². The van der Waals surface area contributed by atoms with Crippen molar-refractivity contribution in [3.8, 4) is 11.6 Å². The second-order valence-electron chi connectivity index (χ2n) is 2.60. The van der Waals surface area contributed by atoms with E-state index in [4.69, 9.17) is 10.2 Å². The first-order valence-electron chi connectivity index (χ1n) is 3.94. The molecule has 2 heterocycles. The number of hydrogen-bond donors (Lipinski definition) is 1. The van der Waals surface area contributed by atoms with E-state index in [1.165, 1.54) is 6.07 Å². The zero-order chi connectivity index (χ0) is 9.97. The molecular weight excluding hydrogens is 182 g/mol. The number of rotatable bonds is 2. The Bertz CT molecular complexity index is 450. The number of furan rings is 1. The Morgan fingerprint density at radius 1 is 1.29 bits per heavy atom. The molecule has 0 fully saturated rings. The van der Waals surface area contributed by atoms with Crippen LogP contribution in [-0.4, -0.2) is 15.9 Å². The highest BCUT2D eigenvalue weighted by Crippen LogP contribution is 2.16. The average molecular weight is 189 g/mol. The van der Waals surface area contributed by atoms with Crippen LogP contribution in [0.5, 0.6) is 0 Å². The van der Waals surface area contributed by atoms with Gasteiger partial charge in [-0.1, -0.05) is 0 Å². The smallest absolute Gasteiger partial charge is 0.284 e. The summed E-state index contributed by atoms with van der Waals surface area (Å²) < 4.78 is 5.13. The van der Waals surface area contributed by atoms with Gasteiger partial charge in [-0.3, -0.25) is 4.79 Å². The van der Waals surface area contributed by atoms with Crippen LogP contribution in [-0.2, 0) is 0 Å². The van der Waals surface area contributed by atoms with Gasteiger partial charge in [-0.05, 0) is 18.2 Å². The molecule has 0 aliphatic carbocycles. The molecule has 0 saturated heterocycles. The van der Waals surface area contributed by atoms with Gasteiger partial charge in [0, 0.05) is 12.4 Å². The van der Waals surface area contributed by atoms with E-state index < -0.39 is 5.91 Å². The van der Waals surface area contributed by atoms with E-state index in [1.54, 1.807) is 24.5 Å². The van der Waals surface area contributed by atoms with E-state index in [-0.39, 0.29) is 5.76 Å². The van der Waals surface area contributed by atoms with Crippen molar-refractivity contribution in [1.82, 2.24) is 9.97 Å². The van der Waals surface area contributed by atoms with Crippen molar-refractivity contribution < 1.29 is 9.21 Å². The van der Waals surface area contributed by atoms with Gasteiger partial charge >= 0.3 is 0 Å². The number of amides is 1. The summed E-state index contributed by atoms with van der Waals surface area (Å²) in [5, 5.41) is 0. The molecule has 2 rings (SSSR count). The molecule has 0 spiro atoms. The van der Waals surface area contributed by atoms with Gasteiger partial charge in [0.2, 0.25) is 0 Å². The molecule has 2 aromatic rings. The molecule has 5 nitrogen and oxygen atoms in total. The Morgan fingerprint density at radius 3 is 2.57 bits per heavy atom. The minimum atomic E-state index is -0.604. The molecule has 2 N–H and O–H groups in total. The lowest BCUT2D eigenvalue weighted by atomic mass is 10.4. The van der Waals surface area contributed by atoms with E-state index >= 15 is 0 Å². The molecule has 0 radical (unpaired) electrons. The number of nitrogens with two attached hydrogens (primary N) is 1. The van der Waals surface area contributed by atoms with Crippen LogP contribution in [0.15, 0.2) is 35.0 Å². The van der Waals surface area contributed by atoms with Crippen molar-refractivity contribution in [3.05, 3.63) is 36.4 Å². The van der Waals surface area contributed by atoms with Crippen LogP contribution in [0.3, 0.4) is 0 Å². The monoisotopic (exact) mass is 189 g/mol. The molecule has 0 bridgehead atoms. The largest absolute Gasteiger partial charge is 0.448 e. The Labute approximate surface area is 79.6 Å². The topological polar surface area (TPSA) is 82.0 Å². The number of primary amides is 1. The third kappa shape index (κ3) is 1.47. The highest BCUT2D eigenvalue weighted by atomic mass is 16.4. The number of hydrogen-bond acceptors (Lipinski definition) is 4. The maximum Gasteiger partial charge on any atom is 0.284 e. The van der Waals surface area contributed by atoms with Crippen molar-refractivity contribution in [2.45, 2.75) is 0 Å². The highest BCUT2D eigenvalue weighted by Gasteiger charge is 2.09. The first kappa shape index (κ1) is 8.43. The Kier molecular flexibility index (Phi) is 1.98. The first-order chi connectivity index (χ1) is 6.77. The van der Waals surface area contributed by atoms with Gasteiger partial charge in [0.25, 0.3) is 5.91 Å². The Morgan fingerprint density at radius 2 is 2.00 bits per heavy atom. The fourth-order valence-electron chi connectivity index (χ4n) is 1.02. The molecule has 2 aromatic heterocycles. The normalized spacial score (nSPS) is 10.0. The molecule has 1 amide bonds. The summed E-state index contributed by atoms with van der Waals surface area (Å²) in [4.78, 5) is 18.7. The van der Waals surface area contributed by atoms with Crippen molar-refractivity contribution in [3.63, 3.8) is 0 Å². The fraction of sp³-hybridized carbons (Fsp3) is 0. The quantitative estimate of drug-likeness (QED) is 0.758. The second kappa shape index (κ2) is 3.29. The average Bonchev–Trinajstić information content (AvgIpc) is 2.68. The summed E-state index contributed by atoms with van der Waals surface area (Å²) in [7, 11) is 0. The molecule has 0 saturated carbocycles. The van der Waals surface area contributed by atoms with Gasteiger partial charge in [-0.2, -0.15) is 0 Å². The van der Waals surface area contributed by atoms with Crippen LogP contribution < -0.4 is 5.73 Å². The van der Waals surface area contributed by atoms with Crippen LogP contribution in [0.4, 0.5) is 0 Å². The molecule has 0 aromatic carbocycles. The van der Waals surface area contributed by atoms with E-state index in [0.717, 1.165) is 0 Å². The molecule has 0 aliphatic rings. The molecular formula is C9H7N3O2. The van der Waals surface area contributed by atoms with Crippen LogP contribution in [0.2, 0.25) is 0 Å². The maximum atomic E-state index is 10.7. The van der Waals surface area contributed by atoms with Crippen molar-refractivity contribution >= 4 is 5.91 Å².